The summed E-state index contributed by atoms with van der Waals surface area (Å²) in [6, 6.07) is 3.51. The Labute approximate surface area is 90.1 Å². The molecule has 0 aliphatic carbocycles. The summed E-state index contributed by atoms with van der Waals surface area (Å²) in [5, 5.41) is 5.51. The first-order valence-electron chi connectivity index (χ1n) is 4.89. The SMILES string of the molecule is Cc1cccnc1NC(=O)NC(C)(C)C. The highest BCUT2D eigenvalue weighted by atomic mass is 16.2. The number of aromatic nitrogens is 1. The average Bonchev–Trinajstić information content (AvgIpc) is 2.05. The van der Waals surface area contributed by atoms with Crippen molar-refractivity contribution in [3.63, 3.8) is 0 Å². The lowest BCUT2D eigenvalue weighted by atomic mass is 10.1. The molecule has 0 aromatic carbocycles. The standard InChI is InChI=1S/C11H17N3O/c1-8-6-5-7-12-9(8)13-10(15)14-11(2,3)4/h5-7H,1-4H3,(H2,12,13,14,15). The number of nitrogens with zero attached hydrogens (tertiary/aromatic N) is 1. The number of urea groups is 1. The van der Waals surface area contributed by atoms with Gasteiger partial charge in [0, 0.05) is 11.7 Å². The molecule has 4 nitrogen and oxygen atoms in total. The van der Waals surface area contributed by atoms with Crippen LogP contribution < -0.4 is 10.6 Å². The van der Waals surface area contributed by atoms with Gasteiger partial charge in [-0.05, 0) is 39.3 Å². The summed E-state index contributed by atoms with van der Waals surface area (Å²) in [6.45, 7) is 7.69. The lowest BCUT2D eigenvalue weighted by Crippen LogP contribution is -2.43. The number of carbonyl (C=O) groups is 1. The molecule has 1 rings (SSSR count). The summed E-state index contributed by atoms with van der Waals surface area (Å²) < 4.78 is 0. The van der Waals surface area contributed by atoms with Crippen LogP contribution in [0.25, 0.3) is 0 Å². The minimum atomic E-state index is -0.243. The van der Waals surface area contributed by atoms with E-state index < -0.39 is 0 Å². The van der Waals surface area contributed by atoms with Gasteiger partial charge in [-0.2, -0.15) is 0 Å². The maximum absolute atomic E-state index is 11.5. The number of anilines is 1. The lowest BCUT2D eigenvalue weighted by Gasteiger charge is -2.20. The predicted molar refractivity (Wildman–Crippen MR) is 60.9 cm³/mol. The van der Waals surface area contributed by atoms with Crippen LogP contribution >= 0.6 is 0 Å². The summed E-state index contributed by atoms with van der Waals surface area (Å²) in [6.07, 6.45) is 1.65. The molecular formula is C11H17N3O. The normalized spacial score (nSPS) is 10.9. The van der Waals surface area contributed by atoms with Crippen LogP contribution in [0.5, 0.6) is 0 Å². The molecule has 0 fully saturated rings. The van der Waals surface area contributed by atoms with Crippen molar-refractivity contribution in [2.24, 2.45) is 0 Å². The third-order valence-electron chi connectivity index (χ3n) is 1.73. The van der Waals surface area contributed by atoms with Crippen LogP contribution in [0, 0.1) is 6.92 Å². The third-order valence-corrected chi connectivity index (χ3v) is 1.73. The molecule has 1 aromatic rings. The van der Waals surface area contributed by atoms with Crippen LogP contribution in [0.1, 0.15) is 26.3 Å². The Balaban J connectivity index is 2.64. The highest BCUT2D eigenvalue weighted by molar-refractivity contribution is 5.89. The molecule has 1 heterocycles. The fourth-order valence-electron chi connectivity index (χ4n) is 1.10. The Morgan fingerprint density at radius 1 is 1.40 bits per heavy atom. The molecule has 15 heavy (non-hydrogen) atoms. The van der Waals surface area contributed by atoms with Gasteiger partial charge in [0.1, 0.15) is 5.82 Å². The second-order valence-corrected chi connectivity index (χ2v) is 4.50. The van der Waals surface area contributed by atoms with Gasteiger partial charge in [-0.1, -0.05) is 6.07 Å². The zero-order valence-corrected chi connectivity index (χ0v) is 9.59. The third kappa shape index (κ3) is 3.97. The second-order valence-electron chi connectivity index (χ2n) is 4.50. The van der Waals surface area contributed by atoms with E-state index in [2.05, 4.69) is 15.6 Å². The van der Waals surface area contributed by atoms with E-state index in [1.807, 2.05) is 39.8 Å². The minimum absolute atomic E-state index is 0.232. The van der Waals surface area contributed by atoms with E-state index in [9.17, 15) is 4.79 Å². The fraction of sp³-hybridized carbons (Fsp3) is 0.455. The maximum Gasteiger partial charge on any atom is 0.320 e. The molecule has 0 saturated carbocycles. The average molecular weight is 207 g/mol. The van der Waals surface area contributed by atoms with Crippen molar-refractivity contribution >= 4 is 11.8 Å². The Kier molecular flexibility index (Phi) is 3.29. The smallest absolute Gasteiger partial charge is 0.320 e. The van der Waals surface area contributed by atoms with Gasteiger partial charge in [-0.3, -0.25) is 5.32 Å². The molecule has 82 valence electrons. The Bertz CT molecular complexity index is 355. The van der Waals surface area contributed by atoms with Gasteiger partial charge < -0.3 is 5.32 Å². The van der Waals surface area contributed by atoms with Crippen LogP contribution in [0.15, 0.2) is 18.3 Å². The van der Waals surface area contributed by atoms with Gasteiger partial charge in [-0.15, -0.1) is 0 Å². The fourth-order valence-corrected chi connectivity index (χ4v) is 1.10. The van der Waals surface area contributed by atoms with E-state index in [1.54, 1.807) is 6.20 Å². The molecule has 2 N–H and O–H groups in total. The number of amides is 2. The summed E-state index contributed by atoms with van der Waals surface area (Å²) in [7, 11) is 0. The maximum atomic E-state index is 11.5. The number of hydrogen-bond acceptors (Lipinski definition) is 2. The number of rotatable bonds is 1. The molecule has 0 aliphatic heterocycles. The van der Waals surface area contributed by atoms with Gasteiger partial charge >= 0.3 is 6.03 Å². The Morgan fingerprint density at radius 3 is 2.60 bits per heavy atom. The van der Waals surface area contributed by atoms with E-state index in [-0.39, 0.29) is 11.6 Å². The number of nitrogens with one attached hydrogen (secondary N) is 2. The molecule has 0 bridgehead atoms. The summed E-state index contributed by atoms with van der Waals surface area (Å²) in [4.78, 5) is 15.6. The van der Waals surface area contributed by atoms with Gasteiger partial charge in [0.15, 0.2) is 0 Å². The van der Waals surface area contributed by atoms with Crippen molar-refractivity contribution < 1.29 is 4.79 Å². The van der Waals surface area contributed by atoms with Crippen molar-refractivity contribution in [1.29, 1.82) is 0 Å². The van der Waals surface area contributed by atoms with E-state index in [0.717, 1.165) is 5.56 Å². The highest BCUT2D eigenvalue weighted by Gasteiger charge is 2.14. The first-order chi connectivity index (χ1) is 6.88. The number of aryl methyl sites for hydroxylation is 1. The van der Waals surface area contributed by atoms with Crippen LogP contribution in [0.3, 0.4) is 0 Å². The number of pyridine rings is 1. The molecular weight excluding hydrogens is 190 g/mol. The van der Waals surface area contributed by atoms with Crippen LogP contribution in [0.2, 0.25) is 0 Å². The summed E-state index contributed by atoms with van der Waals surface area (Å²) >= 11 is 0. The van der Waals surface area contributed by atoms with E-state index in [1.165, 1.54) is 0 Å². The molecule has 0 spiro atoms. The second kappa shape index (κ2) is 4.29. The van der Waals surface area contributed by atoms with Crippen LogP contribution in [0.4, 0.5) is 10.6 Å². The van der Waals surface area contributed by atoms with E-state index >= 15 is 0 Å². The van der Waals surface area contributed by atoms with Crippen molar-refractivity contribution in [2.45, 2.75) is 33.2 Å². The Hall–Kier alpha value is -1.58. The van der Waals surface area contributed by atoms with Gasteiger partial charge in [0.2, 0.25) is 0 Å². The van der Waals surface area contributed by atoms with Crippen molar-refractivity contribution in [1.82, 2.24) is 10.3 Å². The zero-order valence-electron chi connectivity index (χ0n) is 9.59. The van der Waals surface area contributed by atoms with Gasteiger partial charge in [-0.25, -0.2) is 9.78 Å². The highest BCUT2D eigenvalue weighted by Crippen LogP contribution is 2.09. The van der Waals surface area contributed by atoms with E-state index in [4.69, 9.17) is 0 Å². The quantitative estimate of drug-likeness (QED) is 0.742. The molecule has 1 aromatic heterocycles. The largest absolute Gasteiger partial charge is 0.333 e. The predicted octanol–water partition coefficient (Wildman–Crippen LogP) is 2.31. The Morgan fingerprint density at radius 2 is 2.07 bits per heavy atom. The van der Waals surface area contributed by atoms with Crippen molar-refractivity contribution in [3.05, 3.63) is 23.9 Å². The topological polar surface area (TPSA) is 54.0 Å². The number of hydrogen-bond donors (Lipinski definition) is 2. The first-order valence-corrected chi connectivity index (χ1v) is 4.89. The van der Waals surface area contributed by atoms with Crippen molar-refractivity contribution in [2.75, 3.05) is 5.32 Å². The molecule has 4 heteroatoms. The molecule has 2 amide bonds. The molecule has 0 radical (unpaired) electrons. The van der Waals surface area contributed by atoms with Crippen LogP contribution in [-0.4, -0.2) is 16.6 Å². The first kappa shape index (κ1) is 11.5. The molecule has 0 saturated heterocycles. The molecule has 0 unspecified atom stereocenters. The number of carbonyl (C=O) groups excluding carboxylic acids is 1. The van der Waals surface area contributed by atoms with E-state index in [0.29, 0.717) is 5.82 Å². The van der Waals surface area contributed by atoms with Crippen molar-refractivity contribution in [3.8, 4) is 0 Å². The monoisotopic (exact) mass is 207 g/mol. The molecule has 0 atom stereocenters. The minimum Gasteiger partial charge on any atom is -0.333 e. The lowest BCUT2D eigenvalue weighted by molar-refractivity contribution is 0.243. The zero-order chi connectivity index (χ0) is 11.5. The summed E-state index contributed by atoms with van der Waals surface area (Å²) in [5.41, 5.74) is 0.703. The van der Waals surface area contributed by atoms with Gasteiger partial charge in [0.25, 0.3) is 0 Å². The van der Waals surface area contributed by atoms with Gasteiger partial charge in [0.05, 0.1) is 0 Å². The van der Waals surface area contributed by atoms with Crippen LogP contribution in [-0.2, 0) is 0 Å². The summed E-state index contributed by atoms with van der Waals surface area (Å²) in [5.74, 6) is 0.597. The molecule has 0 aliphatic rings.